The van der Waals surface area contributed by atoms with Gasteiger partial charge in [-0.3, -0.25) is 19.2 Å². The van der Waals surface area contributed by atoms with E-state index in [2.05, 4.69) is 33.2 Å². The predicted octanol–water partition coefficient (Wildman–Crippen LogP) is 8.43. The zero-order valence-corrected chi connectivity index (χ0v) is 34.8. The van der Waals surface area contributed by atoms with Crippen LogP contribution in [0.15, 0.2) is 122 Å². The third-order valence-electron chi connectivity index (χ3n) is 12.1. The van der Waals surface area contributed by atoms with E-state index < -0.39 is 48.3 Å². The van der Waals surface area contributed by atoms with Crippen molar-refractivity contribution in [2.24, 2.45) is 0 Å². The number of H-pyrrole nitrogens is 3. The van der Waals surface area contributed by atoms with Crippen LogP contribution in [0.3, 0.4) is 0 Å². The molecule has 4 heterocycles. The van der Waals surface area contributed by atoms with Gasteiger partial charge in [0.2, 0.25) is 0 Å². The summed E-state index contributed by atoms with van der Waals surface area (Å²) in [6.07, 6.45) is 6.00. The number of aryl methyl sites for hydroxylation is 3. The summed E-state index contributed by atoms with van der Waals surface area (Å²) in [4.78, 5) is 64.0. The molecule has 0 unspecified atom stereocenters. The molecule has 12 heteroatoms. The molecule has 12 nitrogen and oxygen atoms in total. The van der Waals surface area contributed by atoms with Crippen molar-refractivity contribution in [1.82, 2.24) is 15.0 Å². The minimum absolute atomic E-state index is 0.0217. The maximum absolute atomic E-state index is 13.7. The summed E-state index contributed by atoms with van der Waals surface area (Å²) < 4.78 is 30.3. The lowest BCUT2D eigenvalue weighted by Crippen LogP contribution is -2.47. The van der Waals surface area contributed by atoms with Crippen molar-refractivity contribution < 1.29 is 42.9 Å². The highest BCUT2D eigenvalue weighted by Gasteiger charge is 2.48. The molecule has 9 rings (SSSR count). The van der Waals surface area contributed by atoms with E-state index >= 15 is 0 Å². The number of carbonyl (C=O) groups is 4. The van der Waals surface area contributed by atoms with Crippen LogP contribution < -0.4 is 0 Å². The Morgan fingerprint density at radius 3 is 1.70 bits per heavy atom. The number of carbonyl (C=O) groups excluding carboxylic acids is 4. The van der Waals surface area contributed by atoms with Gasteiger partial charge in [0.15, 0.2) is 18.3 Å². The first-order valence-electron chi connectivity index (χ1n) is 21.6. The number of allylic oxidation sites excluding steroid dienone is 2. The van der Waals surface area contributed by atoms with Crippen molar-refractivity contribution in [3.05, 3.63) is 150 Å². The molecule has 0 spiro atoms. The number of hydrogen-bond donors (Lipinski definition) is 3. The van der Waals surface area contributed by atoms with Gasteiger partial charge in [-0.05, 0) is 83.7 Å². The lowest BCUT2D eigenvalue weighted by Gasteiger charge is -2.28. The topological polar surface area (TPSA) is 162 Å². The quantitative estimate of drug-likeness (QED) is 0.0569. The highest BCUT2D eigenvalue weighted by Crippen LogP contribution is 2.32. The fourth-order valence-corrected chi connectivity index (χ4v) is 8.83. The van der Waals surface area contributed by atoms with E-state index in [4.69, 9.17) is 23.7 Å². The number of aromatic nitrogens is 3. The summed E-state index contributed by atoms with van der Waals surface area (Å²) in [6.45, 7) is -0.489. The molecule has 322 valence electrons. The Balaban J connectivity index is 0.911. The highest BCUT2D eigenvalue weighted by atomic mass is 16.7. The molecule has 0 bridgehead atoms. The molecule has 3 aromatic heterocycles. The van der Waals surface area contributed by atoms with Crippen molar-refractivity contribution in [2.45, 2.75) is 82.2 Å². The number of rotatable bonds is 18. The molecule has 2 aliphatic rings. The molecular formula is C51H49N3O9. The Bertz CT molecular complexity index is 2800. The second-order valence-corrected chi connectivity index (χ2v) is 16.2. The van der Waals surface area contributed by atoms with Gasteiger partial charge >= 0.3 is 23.9 Å². The number of fused-ring (bicyclic) bond motifs is 4. The first-order valence-corrected chi connectivity index (χ1v) is 21.6. The van der Waals surface area contributed by atoms with Gasteiger partial charge in [-0.1, -0.05) is 84.9 Å². The zero-order chi connectivity index (χ0) is 43.1. The lowest BCUT2D eigenvalue weighted by atomic mass is 10.0. The van der Waals surface area contributed by atoms with Gasteiger partial charge in [0, 0.05) is 77.0 Å². The van der Waals surface area contributed by atoms with Crippen LogP contribution >= 0.6 is 0 Å². The van der Waals surface area contributed by atoms with Crippen LogP contribution in [0, 0.1) is 0 Å². The van der Waals surface area contributed by atoms with Crippen molar-refractivity contribution in [3.8, 4) is 0 Å². The first-order chi connectivity index (χ1) is 30.9. The summed E-state index contributed by atoms with van der Waals surface area (Å²) in [7, 11) is 0. The molecular weight excluding hydrogens is 799 g/mol. The summed E-state index contributed by atoms with van der Waals surface area (Å²) >= 11 is 0. The molecule has 1 saturated heterocycles. The van der Waals surface area contributed by atoms with Crippen LogP contribution in [-0.4, -0.2) is 76.5 Å². The highest BCUT2D eigenvalue weighted by molar-refractivity contribution is 5.86. The number of aromatic amines is 3. The van der Waals surface area contributed by atoms with Gasteiger partial charge in [-0.2, -0.15) is 0 Å². The Kier molecular flexibility index (Phi) is 12.5. The molecule has 1 aliphatic carbocycles. The number of para-hydroxylation sites is 3. The van der Waals surface area contributed by atoms with Crippen LogP contribution in [0.1, 0.15) is 59.9 Å². The average molecular weight is 848 g/mol. The second-order valence-electron chi connectivity index (χ2n) is 16.2. The Morgan fingerprint density at radius 2 is 1.10 bits per heavy atom. The number of benzene rings is 4. The van der Waals surface area contributed by atoms with Crippen molar-refractivity contribution in [3.63, 3.8) is 0 Å². The van der Waals surface area contributed by atoms with Gasteiger partial charge in [-0.15, -0.1) is 0 Å². The monoisotopic (exact) mass is 847 g/mol. The zero-order valence-electron chi connectivity index (χ0n) is 34.8. The van der Waals surface area contributed by atoms with Crippen LogP contribution in [0.25, 0.3) is 38.3 Å². The maximum Gasteiger partial charge on any atom is 0.306 e. The van der Waals surface area contributed by atoms with E-state index in [9.17, 15) is 19.2 Å². The van der Waals surface area contributed by atoms with Crippen molar-refractivity contribution in [2.75, 3.05) is 13.2 Å². The molecule has 4 aromatic carbocycles. The van der Waals surface area contributed by atoms with E-state index in [1.807, 2.05) is 104 Å². The van der Waals surface area contributed by atoms with Crippen LogP contribution in [0.4, 0.5) is 0 Å². The minimum Gasteiger partial charge on any atom is -0.462 e. The molecule has 0 saturated carbocycles. The third-order valence-corrected chi connectivity index (χ3v) is 12.1. The van der Waals surface area contributed by atoms with E-state index in [-0.39, 0.29) is 38.9 Å². The fourth-order valence-electron chi connectivity index (χ4n) is 8.83. The predicted molar refractivity (Wildman–Crippen MR) is 238 cm³/mol. The van der Waals surface area contributed by atoms with Crippen molar-refractivity contribution >= 4 is 62.2 Å². The van der Waals surface area contributed by atoms with E-state index in [1.54, 1.807) is 0 Å². The van der Waals surface area contributed by atoms with Gasteiger partial charge in [0.05, 0.1) is 6.61 Å². The molecule has 4 atom stereocenters. The van der Waals surface area contributed by atoms with Crippen LogP contribution in [0.5, 0.6) is 0 Å². The molecule has 63 heavy (non-hydrogen) atoms. The number of esters is 4. The first kappa shape index (κ1) is 41.4. The van der Waals surface area contributed by atoms with E-state index in [0.717, 1.165) is 67.0 Å². The third kappa shape index (κ3) is 9.61. The standard InChI is InChI=1S/C51H49N3O9/c55-46(23-19-33-18-17-32-9-1-2-10-37(32)33)59-30-44(61-47(56)24-20-34-27-52-41-14-6-3-11-38(34)41)50-51(63-49(58)26-22-36-29-54-43-16-8-5-13-40(36)43)45(31-60-50)62-48(57)25-21-35-28-53-42-15-7-4-12-39(35)42/h1-16,18,27-29,44-45,50-54H,17,19-26,30-31H2/t44-,45+,50-,51-/m1/s1. The number of nitrogens with one attached hydrogen (secondary N) is 3. The van der Waals surface area contributed by atoms with Crippen molar-refractivity contribution in [1.29, 1.82) is 0 Å². The Labute approximate surface area is 363 Å². The molecule has 3 N–H and O–H groups in total. The largest absolute Gasteiger partial charge is 0.462 e. The maximum atomic E-state index is 13.7. The number of ether oxygens (including phenoxy) is 5. The van der Waals surface area contributed by atoms with Gasteiger partial charge in [-0.25, -0.2) is 0 Å². The van der Waals surface area contributed by atoms with Crippen LogP contribution in [0.2, 0.25) is 0 Å². The normalized spacial score (nSPS) is 17.4. The smallest absolute Gasteiger partial charge is 0.306 e. The average Bonchev–Trinajstić information content (AvgIpc) is 4.16. The van der Waals surface area contributed by atoms with E-state index in [0.29, 0.717) is 25.7 Å². The van der Waals surface area contributed by atoms with Crippen LogP contribution in [-0.2, 0) is 68.5 Å². The summed E-state index contributed by atoms with van der Waals surface area (Å²) in [6, 6.07) is 31.6. The minimum atomic E-state index is -1.18. The van der Waals surface area contributed by atoms with Gasteiger partial charge in [0.1, 0.15) is 12.7 Å². The molecule has 0 radical (unpaired) electrons. The lowest BCUT2D eigenvalue weighted by molar-refractivity contribution is -0.179. The van der Waals surface area contributed by atoms with Gasteiger partial charge in [0.25, 0.3) is 0 Å². The van der Waals surface area contributed by atoms with Gasteiger partial charge < -0.3 is 38.6 Å². The SMILES string of the molecule is O=C(CCC1=CCc2ccccc21)OC[C@@H](OC(=O)CCc1c[nH]c2ccccc12)[C@H]1OC[C@H](OC(=O)CCc2c[nH]c3ccccc23)[C@H]1OC(=O)CCc1c[nH]c2ccccc12. The fraction of sp³-hybridized carbons (Fsp3) is 0.294. The van der Waals surface area contributed by atoms with E-state index in [1.165, 1.54) is 5.56 Å². The Morgan fingerprint density at radius 1 is 0.587 bits per heavy atom. The number of hydrogen-bond acceptors (Lipinski definition) is 9. The second kappa shape index (κ2) is 19.0. The Hall–Kier alpha value is -6.92. The summed E-state index contributed by atoms with van der Waals surface area (Å²) in [5.41, 5.74) is 9.18. The molecule has 7 aromatic rings. The molecule has 1 fully saturated rings. The summed E-state index contributed by atoms with van der Waals surface area (Å²) in [5, 5.41) is 3.03. The summed E-state index contributed by atoms with van der Waals surface area (Å²) in [5.74, 6) is -2.09. The molecule has 0 amide bonds. The molecule has 1 aliphatic heterocycles.